The molecule has 5 nitrogen and oxygen atoms in total. The van der Waals surface area contributed by atoms with Gasteiger partial charge in [-0.3, -0.25) is 9.88 Å². The van der Waals surface area contributed by atoms with Crippen LogP contribution in [0.2, 0.25) is 5.15 Å². The first-order valence-electron chi connectivity index (χ1n) is 7.70. The minimum absolute atomic E-state index is 0.680. The molecule has 1 fully saturated rings. The average Bonchev–Trinajstić information content (AvgIpc) is 3.14. The number of hydrogen-bond donors (Lipinski definition) is 1. The molecule has 2 aromatic heterocycles. The van der Waals surface area contributed by atoms with E-state index in [9.17, 15) is 0 Å². The molecule has 0 saturated carbocycles. The van der Waals surface area contributed by atoms with E-state index in [-0.39, 0.29) is 0 Å². The minimum atomic E-state index is 0.680. The van der Waals surface area contributed by atoms with Gasteiger partial charge in [-0.15, -0.1) is 0 Å². The second-order valence-electron chi connectivity index (χ2n) is 5.95. The number of nitrogens with zero attached hydrogens (tertiary/aromatic N) is 4. The van der Waals surface area contributed by atoms with E-state index >= 15 is 0 Å². The summed E-state index contributed by atoms with van der Waals surface area (Å²) in [5.41, 5.74) is 1.23. The van der Waals surface area contributed by atoms with Crippen LogP contribution in [0.25, 0.3) is 0 Å². The molecule has 0 bridgehead atoms. The summed E-state index contributed by atoms with van der Waals surface area (Å²) in [6.45, 7) is 4.97. The SMILES string of the molecule is Cn1c(Cl)cnc1CN(Cc1cccnc1)C[C@@H]1CCNC1. The van der Waals surface area contributed by atoms with Crippen molar-refractivity contribution in [2.75, 3.05) is 19.6 Å². The third kappa shape index (κ3) is 3.85. The normalized spacial score (nSPS) is 18.2. The van der Waals surface area contributed by atoms with Crippen LogP contribution in [0, 0.1) is 5.92 Å². The molecule has 0 spiro atoms. The van der Waals surface area contributed by atoms with E-state index in [1.165, 1.54) is 12.0 Å². The monoisotopic (exact) mass is 319 g/mol. The maximum Gasteiger partial charge on any atom is 0.128 e. The van der Waals surface area contributed by atoms with E-state index in [1.54, 1.807) is 6.20 Å². The number of nitrogens with one attached hydrogen (secondary N) is 1. The van der Waals surface area contributed by atoms with Crippen molar-refractivity contribution >= 4 is 11.6 Å². The third-order valence-corrected chi connectivity index (χ3v) is 4.55. The van der Waals surface area contributed by atoms with Crippen LogP contribution < -0.4 is 5.32 Å². The summed E-state index contributed by atoms with van der Waals surface area (Å²) in [6.07, 6.45) is 6.71. The predicted molar refractivity (Wildman–Crippen MR) is 87.5 cm³/mol. The summed E-state index contributed by atoms with van der Waals surface area (Å²) in [7, 11) is 1.96. The minimum Gasteiger partial charge on any atom is -0.321 e. The summed E-state index contributed by atoms with van der Waals surface area (Å²) >= 11 is 6.11. The van der Waals surface area contributed by atoms with Crippen molar-refractivity contribution in [3.8, 4) is 0 Å². The van der Waals surface area contributed by atoms with Crippen molar-refractivity contribution in [3.63, 3.8) is 0 Å². The van der Waals surface area contributed by atoms with E-state index < -0.39 is 0 Å². The lowest BCUT2D eigenvalue weighted by Crippen LogP contribution is -2.31. The molecule has 0 radical (unpaired) electrons. The first-order chi connectivity index (χ1) is 10.7. The summed E-state index contributed by atoms with van der Waals surface area (Å²) < 4.78 is 1.95. The second kappa shape index (κ2) is 7.22. The number of rotatable bonds is 6. The smallest absolute Gasteiger partial charge is 0.128 e. The standard InChI is InChI=1S/C16H22ClN5/c1-21-15(17)9-20-16(21)12-22(11-14-4-6-19-8-14)10-13-3-2-5-18-7-13/h2-3,5,7,9,14,19H,4,6,8,10-12H2,1H3/t14-/m1/s1. The number of aromatic nitrogens is 3. The Morgan fingerprint density at radius 2 is 2.32 bits per heavy atom. The van der Waals surface area contributed by atoms with Gasteiger partial charge in [-0.05, 0) is 37.1 Å². The topological polar surface area (TPSA) is 46.0 Å². The van der Waals surface area contributed by atoms with Gasteiger partial charge in [-0.25, -0.2) is 4.98 Å². The first-order valence-corrected chi connectivity index (χ1v) is 8.08. The molecule has 0 aromatic carbocycles. The molecular formula is C16H22ClN5. The fraction of sp³-hybridized carbons (Fsp3) is 0.500. The number of halogens is 1. The van der Waals surface area contributed by atoms with Gasteiger partial charge >= 0.3 is 0 Å². The highest BCUT2D eigenvalue weighted by atomic mass is 35.5. The molecule has 1 atom stereocenters. The van der Waals surface area contributed by atoms with Crippen molar-refractivity contribution in [1.29, 1.82) is 0 Å². The highest BCUT2D eigenvalue weighted by Crippen LogP contribution is 2.16. The quantitative estimate of drug-likeness (QED) is 0.885. The lowest BCUT2D eigenvalue weighted by atomic mass is 10.1. The Balaban J connectivity index is 1.71. The number of hydrogen-bond acceptors (Lipinski definition) is 4. The lowest BCUT2D eigenvalue weighted by molar-refractivity contribution is 0.213. The van der Waals surface area contributed by atoms with Gasteiger partial charge in [0.15, 0.2) is 0 Å². The van der Waals surface area contributed by atoms with Crippen LogP contribution in [0.4, 0.5) is 0 Å². The fourth-order valence-electron chi connectivity index (χ4n) is 2.94. The summed E-state index contributed by atoms with van der Waals surface area (Å²) in [4.78, 5) is 11.1. The molecule has 1 N–H and O–H groups in total. The summed E-state index contributed by atoms with van der Waals surface area (Å²) in [5.74, 6) is 1.70. The predicted octanol–water partition coefficient (Wildman–Crippen LogP) is 2.08. The Hall–Kier alpha value is -1.43. The van der Waals surface area contributed by atoms with Gasteiger partial charge in [-0.2, -0.15) is 0 Å². The Bertz CT molecular complexity index is 592. The fourth-order valence-corrected chi connectivity index (χ4v) is 3.09. The highest BCUT2D eigenvalue weighted by molar-refractivity contribution is 6.29. The number of pyridine rings is 1. The maximum absolute atomic E-state index is 6.11. The maximum atomic E-state index is 6.11. The van der Waals surface area contributed by atoms with Crippen LogP contribution in [0.5, 0.6) is 0 Å². The Morgan fingerprint density at radius 3 is 2.95 bits per heavy atom. The lowest BCUT2D eigenvalue weighted by Gasteiger charge is -2.25. The van der Waals surface area contributed by atoms with E-state index in [4.69, 9.17) is 11.6 Å². The van der Waals surface area contributed by atoms with E-state index in [2.05, 4.69) is 26.3 Å². The Labute approximate surface area is 136 Å². The van der Waals surface area contributed by atoms with Crippen molar-refractivity contribution in [3.05, 3.63) is 47.3 Å². The molecular weight excluding hydrogens is 298 g/mol. The highest BCUT2D eigenvalue weighted by Gasteiger charge is 2.20. The Morgan fingerprint density at radius 1 is 1.41 bits per heavy atom. The molecule has 1 saturated heterocycles. The zero-order valence-corrected chi connectivity index (χ0v) is 13.6. The van der Waals surface area contributed by atoms with Crippen LogP contribution in [-0.4, -0.2) is 39.1 Å². The molecule has 22 heavy (non-hydrogen) atoms. The number of imidazole rings is 1. The summed E-state index contributed by atoms with van der Waals surface area (Å²) in [5, 5.41) is 4.12. The van der Waals surface area contributed by atoms with Gasteiger partial charge in [0.25, 0.3) is 0 Å². The molecule has 0 amide bonds. The molecule has 1 aliphatic heterocycles. The van der Waals surface area contributed by atoms with Crippen LogP contribution in [0.3, 0.4) is 0 Å². The van der Waals surface area contributed by atoms with Gasteiger partial charge in [-0.1, -0.05) is 17.7 Å². The third-order valence-electron chi connectivity index (χ3n) is 4.20. The van der Waals surface area contributed by atoms with E-state index in [0.29, 0.717) is 11.1 Å². The molecule has 1 aliphatic rings. The van der Waals surface area contributed by atoms with Crippen LogP contribution >= 0.6 is 11.6 Å². The molecule has 0 aliphatic carbocycles. The van der Waals surface area contributed by atoms with Gasteiger partial charge in [0.05, 0.1) is 12.7 Å². The van der Waals surface area contributed by atoms with Crippen molar-refractivity contribution < 1.29 is 0 Å². The molecule has 3 heterocycles. The average molecular weight is 320 g/mol. The van der Waals surface area contributed by atoms with Gasteiger partial charge in [0.1, 0.15) is 11.0 Å². The van der Waals surface area contributed by atoms with Gasteiger partial charge < -0.3 is 9.88 Å². The second-order valence-corrected chi connectivity index (χ2v) is 6.33. The van der Waals surface area contributed by atoms with Gasteiger partial charge in [0.2, 0.25) is 0 Å². The molecule has 6 heteroatoms. The zero-order chi connectivity index (χ0) is 15.4. The van der Waals surface area contributed by atoms with Crippen molar-refractivity contribution in [1.82, 2.24) is 24.8 Å². The Kier molecular flexibility index (Phi) is 5.08. The van der Waals surface area contributed by atoms with Crippen LogP contribution in [0.15, 0.2) is 30.7 Å². The van der Waals surface area contributed by atoms with Crippen LogP contribution in [0.1, 0.15) is 17.8 Å². The molecule has 118 valence electrons. The van der Waals surface area contributed by atoms with E-state index in [1.807, 2.05) is 30.1 Å². The van der Waals surface area contributed by atoms with Crippen LogP contribution in [-0.2, 0) is 20.1 Å². The first kappa shape index (κ1) is 15.5. The largest absolute Gasteiger partial charge is 0.321 e. The summed E-state index contributed by atoms with van der Waals surface area (Å²) in [6, 6.07) is 4.11. The molecule has 0 unspecified atom stereocenters. The molecule has 2 aromatic rings. The van der Waals surface area contributed by atoms with Crippen molar-refractivity contribution in [2.24, 2.45) is 13.0 Å². The van der Waals surface area contributed by atoms with Gasteiger partial charge in [0, 0.05) is 32.5 Å². The zero-order valence-electron chi connectivity index (χ0n) is 12.9. The molecule has 3 rings (SSSR count). The van der Waals surface area contributed by atoms with E-state index in [0.717, 1.165) is 38.5 Å². The van der Waals surface area contributed by atoms with Crippen molar-refractivity contribution in [2.45, 2.75) is 19.5 Å².